The molecule has 0 unspecified atom stereocenters. The molecule has 0 N–H and O–H groups in total. The fourth-order valence-corrected chi connectivity index (χ4v) is 2.40. The summed E-state index contributed by atoms with van der Waals surface area (Å²) >= 11 is 11.8. The summed E-state index contributed by atoms with van der Waals surface area (Å²) in [5.74, 6) is -0.837. The molecule has 0 saturated carbocycles. The molecule has 2 rings (SSSR count). The van der Waals surface area contributed by atoms with E-state index in [0.717, 1.165) is 4.90 Å². The van der Waals surface area contributed by atoms with Crippen LogP contribution in [-0.4, -0.2) is 37.0 Å². The predicted octanol–water partition coefficient (Wildman–Crippen LogP) is 2.70. The van der Waals surface area contributed by atoms with Gasteiger partial charge in [-0.2, -0.15) is 0 Å². The number of hydrogen-bond acceptors (Lipinski definition) is 3. The largest absolute Gasteiger partial charge is 0.385 e. The van der Waals surface area contributed by atoms with Crippen LogP contribution in [0.15, 0.2) is 29.3 Å². The average molecular weight is 314 g/mol. The zero-order valence-electron chi connectivity index (χ0n) is 10.9. The average Bonchev–Trinajstić information content (AvgIpc) is 2.64. The third kappa shape index (κ3) is 2.87. The summed E-state index contributed by atoms with van der Waals surface area (Å²) in [6.07, 6.45) is 0.575. The number of carbonyl (C=O) groups excluding carboxylic acids is 2. The zero-order chi connectivity index (χ0) is 14.7. The molecule has 20 heavy (non-hydrogen) atoms. The molecule has 0 fully saturated rings. The Labute approximate surface area is 126 Å². The lowest BCUT2D eigenvalue weighted by molar-refractivity contribution is -0.136. The van der Waals surface area contributed by atoms with Crippen LogP contribution in [0.25, 0.3) is 5.57 Å². The molecule has 2 amide bonds. The third-order valence-corrected chi connectivity index (χ3v) is 3.58. The van der Waals surface area contributed by atoms with Crippen LogP contribution >= 0.6 is 23.2 Å². The van der Waals surface area contributed by atoms with Crippen LogP contribution < -0.4 is 0 Å². The second-order valence-corrected chi connectivity index (χ2v) is 5.12. The van der Waals surface area contributed by atoms with Crippen molar-refractivity contribution in [2.45, 2.75) is 6.42 Å². The molecule has 106 valence electrons. The van der Waals surface area contributed by atoms with Gasteiger partial charge in [0.2, 0.25) is 0 Å². The monoisotopic (exact) mass is 313 g/mol. The molecule has 1 aromatic carbocycles. The fraction of sp³-hybridized carbons (Fsp3) is 0.286. The summed E-state index contributed by atoms with van der Waals surface area (Å²) in [5, 5.41) is 0.508. The van der Waals surface area contributed by atoms with Crippen molar-refractivity contribution in [2.24, 2.45) is 0 Å². The van der Waals surface area contributed by atoms with E-state index < -0.39 is 5.91 Å². The van der Waals surface area contributed by atoms with E-state index in [9.17, 15) is 9.59 Å². The number of hydrogen-bond donors (Lipinski definition) is 0. The highest BCUT2D eigenvalue weighted by atomic mass is 35.5. The van der Waals surface area contributed by atoms with Crippen molar-refractivity contribution in [3.8, 4) is 0 Å². The van der Waals surface area contributed by atoms with E-state index in [1.807, 2.05) is 0 Å². The highest BCUT2D eigenvalue weighted by Gasteiger charge is 2.37. The van der Waals surface area contributed by atoms with Gasteiger partial charge in [0.15, 0.2) is 0 Å². The van der Waals surface area contributed by atoms with Crippen molar-refractivity contribution < 1.29 is 14.3 Å². The van der Waals surface area contributed by atoms with Gasteiger partial charge in [0, 0.05) is 25.3 Å². The van der Waals surface area contributed by atoms with Crippen LogP contribution in [-0.2, 0) is 14.3 Å². The van der Waals surface area contributed by atoms with Gasteiger partial charge in [-0.1, -0.05) is 35.3 Å². The van der Waals surface area contributed by atoms with Crippen molar-refractivity contribution >= 4 is 40.6 Å². The topological polar surface area (TPSA) is 46.6 Å². The quantitative estimate of drug-likeness (QED) is 0.620. The van der Waals surface area contributed by atoms with Gasteiger partial charge in [0.1, 0.15) is 5.03 Å². The predicted molar refractivity (Wildman–Crippen MR) is 77.4 cm³/mol. The maximum atomic E-state index is 12.3. The minimum Gasteiger partial charge on any atom is -0.385 e. The van der Waals surface area contributed by atoms with Crippen LogP contribution in [0.1, 0.15) is 12.0 Å². The van der Waals surface area contributed by atoms with E-state index in [-0.39, 0.29) is 16.5 Å². The van der Waals surface area contributed by atoms with Crippen molar-refractivity contribution in [1.82, 2.24) is 4.90 Å². The SMILES string of the molecule is COCCCN1C(=O)C(Cl)=C(c2ccc(Cl)cc2)C1=O. The van der Waals surface area contributed by atoms with E-state index in [1.165, 1.54) is 0 Å². The summed E-state index contributed by atoms with van der Waals surface area (Å²) in [6, 6.07) is 6.65. The minimum absolute atomic E-state index is 0.0465. The minimum atomic E-state index is -0.460. The highest BCUT2D eigenvalue weighted by Crippen LogP contribution is 2.32. The van der Waals surface area contributed by atoms with Crippen molar-refractivity contribution in [2.75, 3.05) is 20.3 Å². The van der Waals surface area contributed by atoms with Crippen molar-refractivity contribution in [3.63, 3.8) is 0 Å². The lowest BCUT2D eigenvalue weighted by Gasteiger charge is -2.14. The number of ether oxygens (including phenoxy) is 1. The van der Waals surface area contributed by atoms with E-state index in [4.69, 9.17) is 27.9 Å². The first-order valence-corrected chi connectivity index (χ1v) is 6.82. The molecule has 0 saturated heterocycles. The zero-order valence-corrected chi connectivity index (χ0v) is 12.4. The number of benzene rings is 1. The first kappa shape index (κ1) is 15.0. The molecule has 0 spiro atoms. The molecule has 1 aliphatic rings. The molecule has 6 heteroatoms. The lowest BCUT2D eigenvalue weighted by atomic mass is 10.1. The van der Waals surface area contributed by atoms with Gasteiger partial charge in [0.25, 0.3) is 11.8 Å². The number of nitrogens with zero attached hydrogens (tertiary/aromatic N) is 1. The number of rotatable bonds is 5. The van der Waals surface area contributed by atoms with Crippen LogP contribution in [0.2, 0.25) is 5.02 Å². The first-order chi connectivity index (χ1) is 9.56. The molecule has 0 atom stereocenters. The van der Waals surface area contributed by atoms with Crippen LogP contribution in [0.3, 0.4) is 0 Å². The normalized spacial score (nSPS) is 15.4. The smallest absolute Gasteiger partial charge is 0.273 e. The van der Waals surface area contributed by atoms with Crippen LogP contribution in [0.4, 0.5) is 0 Å². The van der Waals surface area contributed by atoms with Gasteiger partial charge in [-0.25, -0.2) is 0 Å². The number of halogens is 2. The van der Waals surface area contributed by atoms with Gasteiger partial charge in [-0.05, 0) is 24.1 Å². The summed E-state index contributed by atoms with van der Waals surface area (Å²) in [6.45, 7) is 0.768. The van der Waals surface area contributed by atoms with Crippen molar-refractivity contribution in [1.29, 1.82) is 0 Å². The van der Waals surface area contributed by atoms with E-state index in [2.05, 4.69) is 0 Å². The summed E-state index contributed by atoms with van der Waals surface area (Å²) in [7, 11) is 1.57. The second-order valence-electron chi connectivity index (χ2n) is 4.30. The molecule has 1 heterocycles. The molecule has 0 radical (unpaired) electrons. The van der Waals surface area contributed by atoms with E-state index in [0.29, 0.717) is 30.2 Å². The maximum absolute atomic E-state index is 12.3. The molecular weight excluding hydrogens is 301 g/mol. The van der Waals surface area contributed by atoms with E-state index in [1.54, 1.807) is 31.4 Å². The number of amides is 2. The fourth-order valence-electron chi connectivity index (χ4n) is 1.98. The van der Waals surface area contributed by atoms with Crippen LogP contribution in [0, 0.1) is 0 Å². The molecular formula is C14H13Cl2NO3. The highest BCUT2D eigenvalue weighted by molar-refractivity contribution is 6.55. The Morgan fingerprint density at radius 1 is 1.10 bits per heavy atom. The van der Waals surface area contributed by atoms with Gasteiger partial charge >= 0.3 is 0 Å². The van der Waals surface area contributed by atoms with E-state index >= 15 is 0 Å². The summed E-state index contributed by atoms with van der Waals surface area (Å²) in [5.41, 5.74) is 0.817. The third-order valence-electron chi connectivity index (χ3n) is 2.97. The summed E-state index contributed by atoms with van der Waals surface area (Å²) in [4.78, 5) is 25.4. The van der Waals surface area contributed by atoms with Gasteiger partial charge < -0.3 is 4.74 Å². The standard InChI is InChI=1S/C14H13Cl2NO3/c1-20-8-2-7-17-13(18)11(12(16)14(17)19)9-3-5-10(15)6-4-9/h3-6H,2,7-8H2,1H3. The second kappa shape index (κ2) is 6.39. The maximum Gasteiger partial charge on any atom is 0.273 e. The Bertz CT molecular complexity index is 566. The first-order valence-electron chi connectivity index (χ1n) is 6.07. The summed E-state index contributed by atoms with van der Waals surface area (Å²) < 4.78 is 4.91. The lowest BCUT2D eigenvalue weighted by Crippen LogP contribution is -2.32. The van der Waals surface area contributed by atoms with Gasteiger partial charge in [0.05, 0.1) is 5.57 Å². The number of methoxy groups -OCH3 is 1. The Balaban J connectivity index is 2.23. The molecule has 1 aromatic rings. The van der Waals surface area contributed by atoms with Crippen molar-refractivity contribution in [3.05, 3.63) is 39.9 Å². The number of carbonyl (C=O) groups is 2. The van der Waals surface area contributed by atoms with Gasteiger partial charge in [-0.3, -0.25) is 14.5 Å². The van der Waals surface area contributed by atoms with Gasteiger partial charge in [-0.15, -0.1) is 0 Å². The Morgan fingerprint density at radius 2 is 1.75 bits per heavy atom. The Hall–Kier alpha value is -1.36. The Morgan fingerprint density at radius 3 is 2.35 bits per heavy atom. The molecule has 0 aromatic heterocycles. The Kier molecular flexibility index (Phi) is 4.81. The van der Waals surface area contributed by atoms with Crippen LogP contribution in [0.5, 0.6) is 0 Å². The number of imide groups is 1. The molecule has 1 aliphatic heterocycles. The molecule has 0 aliphatic carbocycles. The molecule has 4 nitrogen and oxygen atoms in total. The molecule has 0 bridgehead atoms.